The molecule has 0 aliphatic carbocycles. The van der Waals surface area contributed by atoms with Crippen molar-refractivity contribution in [1.29, 1.82) is 0 Å². The third kappa shape index (κ3) is 3.53. The predicted octanol–water partition coefficient (Wildman–Crippen LogP) is 2.05. The van der Waals surface area contributed by atoms with Crippen molar-refractivity contribution in [2.75, 3.05) is 6.54 Å². The molecular formula is C17H26BNO3. The van der Waals surface area contributed by atoms with E-state index < -0.39 is 0 Å². The van der Waals surface area contributed by atoms with E-state index in [1.165, 1.54) is 0 Å². The molecule has 1 amide bonds. The SMILES string of the molecule is CCNC(=O)CCc1ccccc1B1OC(C)(C)C(C)(C)O1. The van der Waals surface area contributed by atoms with E-state index in [1.807, 2.05) is 58.9 Å². The fourth-order valence-corrected chi connectivity index (χ4v) is 2.50. The molecule has 1 aromatic rings. The minimum absolute atomic E-state index is 0.0752. The van der Waals surface area contributed by atoms with E-state index in [0.717, 1.165) is 11.0 Å². The van der Waals surface area contributed by atoms with E-state index in [0.29, 0.717) is 19.4 Å². The molecule has 1 aliphatic heterocycles. The van der Waals surface area contributed by atoms with Crippen LogP contribution in [-0.4, -0.2) is 30.8 Å². The van der Waals surface area contributed by atoms with E-state index >= 15 is 0 Å². The smallest absolute Gasteiger partial charge is 0.399 e. The van der Waals surface area contributed by atoms with Crippen LogP contribution in [0.3, 0.4) is 0 Å². The second kappa shape index (κ2) is 6.43. The van der Waals surface area contributed by atoms with Crippen molar-refractivity contribution < 1.29 is 14.1 Å². The Morgan fingerprint density at radius 2 is 1.73 bits per heavy atom. The third-order valence-corrected chi connectivity index (χ3v) is 4.56. The maximum Gasteiger partial charge on any atom is 0.495 e. The number of carbonyl (C=O) groups excluding carboxylic acids is 1. The van der Waals surface area contributed by atoms with Gasteiger partial charge in [0, 0.05) is 13.0 Å². The van der Waals surface area contributed by atoms with Gasteiger partial charge in [-0.1, -0.05) is 24.3 Å². The van der Waals surface area contributed by atoms with E-state index in [9.17, 15) is 4.79 Å². The fourth-order valence-electron chi connectivity index (χ4n) is 2.50. The number of hydrogen-bond acceptors (Lipinski definition) is 3. The number of aryl methyl sites for hydroxylation is 1. The number of rotatable bonds is 5. The van der Waals surface area contributed by atoms with Crippen molar-refractivity contribution in [2.24, 2.45) is 0 Å². The first kappa shape index (κ1) is 17.0. The highest BCUT2D eigenvalue weighted by molar-refractivity contribution is 6.62. The van der Waals surface area contributed by atoms with Gasteiger partial charge in [0.05, 0.1) is 11.2 Å². The summed E-state index contributed by atoms with van der Waals surface area (Å²) in [5, 5.41) is 2.83. The van der Waals surface area contributed by atoms with E-state index in [4.69, 9.17) is 9.31 Å². The largest absolute Gasteiger partial charge is 0.495 e. The van der Waals surface area contributed by atoms with Gasteiger partial charge in [-0.2, -0.15) is 0 Å². The van der Waals surface area contributed by atoms with Crippen LogP contribution >= 0.6 is 0 Å². The maximum atomic E-state index is 11.7. The average molecular weight is 303 g/mol. The molecule has 1 fully saturated rings. The fraction of sp³-hybridized carbons (Fsp3) is 0.588. The molecule has 1 aliphatic rings. The summed E-state index contributed by atoms with van der Waals surface area (Å²) >= 11 is 0. The zero-order chi connectivity index (χ0) is 16.4. The first-order valence-corrected chi connectivity index (χ1v) is 7.97. The van der Waals surface area contributed by atoms with Gasteiger partial charge in [0.1, 0.15) is 0 Å². The predicted molar refractivity (Wildman–Crippen MR) is 89.2 cm³/mol. The maximum absolute atomic E-state index is 11.7. The second-order valence-corrected chi connectivity index (χ2v) is 6.74. The van der Waals surface area contributed by atoms with Crippen LogP contribution < -0.4 is 10.8 Å². The first-order chi connectivity index (χ1) is 10.3. The van der Waals surface area contributed by atoms with Crippen LogP contribution in [0.2, 0.25) is 0 Å². The summed E-state index contributed by atoms with van der Waals surface area (Å²) < 4.78 is 12.2. The van der Waals surface area contributed by atoms with Crippen molar-refractivity contribution in [3.05, 3.63) is 29.8 Å². The summed E-state index contributed by atoms with van der Waals surface area (Å²) in [6.45, 7) is 10.8. The van der Waals surface area contributed by atoms with Crippen molar-refractivity contribution in [2.45, 2.75) is 58.7 Å². The van der Waals surface area contributed by atoms with Crippen LogP contribution in [0.5, 0.6) is 0 Å². The summed E-state index contributed by atoms with van der Waals surface area (Å²) in [5.41, 5.74) is 1.41. The van der Waals surface area contributed by atoms with E-state index in [2.05, 4.69) is 5.32 Å². The lowest BCUT2D eigenvalue weighted by Gasteiger charge is -2.32. The standard InChI is InChI=1S/C17H26BNO3/c1-6-19-15(20)12-11-13-9-7-8-10-14(13)18-21-16(2,3)17(4,5)22-18/h7-10H,6,11-12H2,1-5H3,(H,19,20). The average Bonchev–Trinajstić information content (AvgIpc) is 2.66. The summed E-state index contributed by atoms with van der Waals surface area (Å²) in [6.07, 6.45) is 1.16. The third-order valence-electron chi connectivity index (χ3n) is 4.56. The highest BCUT2D eigenvalue weighted by Gasteiger charge is 2.52. The van der Waals surface area contributed by atoms with Crippen LogP contribution in [0.25, 0.3) is 0 Å². The molecule has 4 nitrogen and oxygen atoms in total. The topological polar surface area (TPSA) is 47.6 Å². The summed E-state index contributed by atoms with van der Waals surface area (Å²) in [5.74, 6) is 0.0752. The van der Waals surface area contributed by atoms with Crippen LogP contribution in [0.15, 0.2) is 24.3 Å². The Kier molecular flexibility index (Phi) is 4.98. The Balaban J connectivity index is 2.14. The lowest BCUT2D eigenvalue weighted by molar-refractivity contribution is -0.120. The highest BCUT2D eigenvalue weighted by Crippen LogP contribution is 2.36. The Morgan fingerprint density at radius 1 is 1.14 bits per heavy atom. The zero-order valence-corrected chi connectivity index (χ0v) is 14.2. The van der Waals surface area contributed by atoms with Gasteiger partial charge in [0.25, 0.3) is 0 Å². The van der Waals surface area contributed by atoms with Crippen molar-refractivity contribution >= 4 is 18.5 Å². The molecule has 0 spiro atoms. The van der Waals surface area contributed by atoms with Gasteiger partial charge < -0.3 is 14.6 Å². The molecular weight excluding hydrogens is 277 g/mol. The first-order valence-electron chi connectivity index (χ1n) is 7.97. The Morgan fingerprint density at radius 3 is 2.32 bits per heavy atom. The van der Waals surface area contributed by atoms with Gasteiger partial charge >= 0.3 is 7.12 Å². The molecule has 0 bridgehead atoms. The molecule has 0 unspecified atom stereocenters. The van der Waals surface area contributed by atoms with Gasteiger partial charge in [0.15, 0.2) is 0 Å². The number of benzene rings is 1. The van der Waals surface area contributed by atoms with Crippen molar-refractivity contribution in [3.63, 3.8) is 0 Å². The number of amides is 1. The lowest BCUT2D eigenvalue weighted by Crippen LogP contribution is -2.41. The van der Waals surface area contributed by atoms with Gasteiger partial charge in [-0.25, -0.2) is 0 Å². The molecule has 5 heteroatoms. The molecule has 0 radical (unpaired) electrons. The molecule has 120 valence electrons. The summed E-state index contributed by atoms with van der Waals surface area (Å²) in [6, 6.07) is 8.03. The number of hydrogen-bond donors (Lipinski definition) is 1. The van der Waals surface area contributed by atoms with Crippen LogP contribution in [0.1, 0.15) is 46.6 Å². The molecule has 1 N–H and O–H groups in total. The van der Waals surface area contributed by atoms with Gasteiger partial charge in [-0.15, -0.1) is 0 Å². The van der Waals surface area contributed by atoms with Crippen molar-refractivity contribution in [3.8, 4) is 0 Å². The van der Waals surface area contributed by atoms with E-state index in [1.54, 1.807) is 0 Å². The van der Waals surface area contributed by atoms with Crippen LogP contribution in [0, 0.1) is 0 Å². The van der Waals surface area contributed by atoms with Crippen LogP contribution in [-0.2, 0) is 20.5 Å². The molecule has 0 aromatic heterocycles. The van der Waals surface area contributed by atoms with E-state index in [-0.39, 0.29) is 24.2 Å². The van der Waals surface area contributed by atoms with Gasteiger partial charge in [-0.3, -0.25) is 4.79 Å². The monoisotopic (exact) mass is 303 g/mol. The number of carbonyl (C=O) groups is 1. The molecule has 0 atom stereocenters. The molecule has 2 rings (SSSR count). The van der Waals surface area contributed by atoms with Gasteiger partial charge in [0.2, 0.25) is 5.91 Å². The Hall–Kier alpha value is -1.33. The summed E-state index contributed by atoms with van der Waals surface area (Å²) in [4.78, 5) is 11.7. The minimum Gasteiger partial charge on any atom is -0.399 e. The minimum atomic E-state index is -0.379. The van der Waals surface area contributed by atoms with Crippen molar-refractivity contribution in [1.82, 2.24) is 5.32 Å². The van der Waals surface area contributed by atoms with Crippen LogP contribution in [0.4, 0.5) is 0 Å². The molecule has 1 aromatic carbocycles. The molecule has 1 heterocycles. The summed E-state index contributed by atoms with van der Waals surface area (Å²) in [7, 11) is -0.379. The lowest BCUT2D eigenvalue weighted by atomic mass is 9.75. The molecule has 0 saturated carbocycles. The number of nitrogens with one attached hydrogen (secondary N) is 1. The highest BCUT2D eigenvalue weighted by atomic mass is 16.7. The Bertz CT molecular complexity index is 526. The normalized spacial score (nSPS) is 19.2. The van der Waals surface area contributed by atoms with Gasteiger partial charge in [-0.05, 0) is 52.1 Å². The zero-order valence-electron chi connectivity index (χ0n) is 14.2. The second-order valence-electron chi connectivity index (χ2n) is 6.74. The molecule has 1 saturated heterocycles. The Labute approximate surface area is 133 Å². The molecule has 22 heavy (non-hydrogen) atoms. The quantitative estimate of drug-likeness (QED) is 0.847.